The number of carbonyl (C=O) groups excluding carboxylic acids is 1. The maximum absolute atomic E-state index is 13.6. The van der Waals surface area contributed by atoms with E-state index >= 15 is 0 Å². The van der Waals surface area contributed by atoms with Crippen LogP contribution in [0.25, 0.3) is 5.70 Å². The summed E-state index contributed by atoms with van der Waals surface area (Å²) in [5.74, 6) is 0.0870. The highest BCUT2D eigenvalue weighted by atomic mass is 16.5. The van der Waals surface area contributed by atoms with Gasteiger partial charge in [0.15, 0.2) is 5.78 Å². The molecule has 1 aliphatic heterocycles. The standard InChI is InChI=1S/C25H23N3O5/c1-3-33-17-11-7-6-10-16(17)18-19-21(14-8-4-5-9-15(14)22(19)29)26-23-20(18)24(30)27-25(31)28(23)12-13-32-2/h4-11,18,26H,3,12-13H2,1-2H3,(H,27,30,31)/t18-/m1/s1. The Morgan fingerprint density at radius 2 is 1.73 bits per heavy atom. The molecule has 0 amide bonds. The van der Waals surface area contributed by atoms with Crippen LogP contribution in [0, 0.1) is 0 Å². The average Bonchev–Trinajstić information content (AvgIpc) is 3.10. The summed E-state index contributed by atoms with van der Waals surface area (Å²) in [6, 6.07) is 14.7. The van der Waals surface area contributed by atoms with E-state index in [0.717, 1.165) is 5.56 Å². The van der Waals surface area contributed by atoms with Crippen LogP contribution in [0.4, 0.5) is 5.82 Å². The Morgan fingerprint density at radius 3 is 2.48 bits per heavy atom. The van der Waals surface area contributed by atoms with E-state index in [1.807, 2.05) is 49.4 Å². The number of benzene rings is 2. The summed E-state index contributed by atoms with van der Waals surface area (Å²) >= 11 is 0. The first-order valence-corrected chi connectivity index (χ1v) is 10.8. The Hall–Kier alpha value is -3.91. The summed E-state index contributed by atoms with van der Waals surface area (Å²) in [6.07, 6.45) is 0. The fraction of sp³-hybridized carbons (Fsp3) is 0.240. The number of fused-ring (bicyclic) bond motifs is 3. The molecule has 3 aromatic rings. The number of Topliss-reactive ketones (excluding diaryl/α,β-unsaturated/α-hetero) is 1. The lowest BCUT2D eigenvalue weighted by molar-refractivity contribution is 0.103. The van der Waals surface area contributed by atoms with Gasteiger partial charge in [0, 0.05) is 29.4 Å². The number of hydrogen-bond acceptors (Lipinski definition) is 6. The number of rotatable bonds is 6. The molecule has 0 bridgehead atoms. The molecule has 1 aromatic heterocycles. The van der Waals surface area contributed by atoms with Gasteiger partial charge in [0.25, 0.3) is 5.56 Å². The van der Waals surface area contributed by atoms with Crippen molar-refractivity contribution in [3.63, 3.8) is 0 Å². The molecule has 0 unspecified atom stereocenters. The van der Waals surface area contributed by atoms with Gasteiger partial charge in [-0.3, -0.25) is 19.1 Å². The van der Waals surface area contributed by atoms with E-state index in [1.54, 1.807) is 13.2 Å². The molecule has 0 saturated carbocycles. The van der Waals surface area contributed by atoms with Crippen LogP contribution in [-0.4, -0.2) is 35.7 Å². The zero-order valence-corrected chi connectivity index (χ0v) is 18.3. The molecule has 8 nitrogen and oxygen atoms in total. The molecule has 2 heterocycles. The van der Waals surface area contributed by atoms with Gasteiger partial charge in [0.05, 0.1) is 36.9 Å². The number of ketones is 1. The molecule has 5 rings (SSSR count). The van der Waals surface area contributed by atoms with Crippen LogP contribution in [0.3, 0.4) is 0 Å². The lowest BCUT2D eigenvalue weighted by Crippen LogP contribution is -2.39. The lowest BCUT2D eigenvalue weighted by Gasteiger charge is -2.30. The van der Waals surface area contributed by atoms with Crippen molar-refractivity contribution >= 4 is 17.3 Å². The van der Waals surface area contributed by atoms with E-state index < -0.39 is 17.2 Å². The van der Waals surface area contributed by atoms with Crippen LogP contribution in [-0.2, 0) is 11.3 Å². The molecular weight excluding hydrogens is 422 g/mol. The van der Waals surface area contributed by atoms with E-state index in [9.17, 15) is 14.4 Å². The van der Waals surface area contributed by atoms with Crippen LogP contribution < -0.4 is 21.3 Å². The summed E-state index contributed by atoms with van der Waals surface area (Å²) in [5, 5.41) is 3.26. The van der Waals surface area contributed by atoms with Gasteiger partial charge >= 0.3 is 5.69 Å². The highest BCUT2D eigenvalue weighted by molar-refractivity contribution is 6.23. The van der Waals surface area contributed by atoms with Crippen molar-refractivity contribution in [2.75, 3.05) is 25.6 Å². The number of para-hydroxylation sites is 1. The molecule has 33 heavy (non-hydrogen) atoms. The Kier molecular flexibility index (Phi) is 5.22. The Balaban J connectivity index is 1.84. The van der Waals surface area contributed by atoms with Crippen LogP contribution in [0.2, 0.25) is 0 Å². The maximum Gasteiger partial charge on any atom is 0.330 e. The van der Waals surface area contributed by atoms with Crippen molar-refractivity contribution in [3.05, 3.63) is 97.2 Å². The van der Waals surface area contributed by atoms with Gasteiger partial charge in [-0.25, -0.2) is 4.79 Å². The van der Waals surface area contributed by atoms with Gasteiger partial charge in [-0.15, -0.1) is 0 Å². The Labute approximate surface area is 189 Å². The molecule has 2 aromatic carbocycles. The van der Waals surface area contributed by atoms with Crippen molar-refractivity contribution in [3.8, 4) is 5.75 Å². The number of nitrogens with one attached hydrogen (secondary N) is 2. The summed E-state index contributed by atoms with van der Waals surface area (Å²) in [5.41, 5.74) is 2.30. The Bertz CT molecular complexity index is 1420. The summed E-state index contributed by atoms with van der Waals surface area (Å²) < 4.78 is 12.5. The number of hydrogen-bond donors (Lipinski definition) is 2. The minimum absolute atomic E-state index is 0.149. The average molecular weight is 445 g/mol. The quantitative estimate of drug-likeness (QED) is 0.605. The third-order valence-electron chi connectivity index (χ3n) is 6.06. The second-order valence-electron chi connectivity index (χ2n) is 7.86. The molecule has 2 N–H and O–H groups in total. The molecule has 0 spiro atoms. The predicted molar refractivity (Wildman–Crippen MR) is 124 cm³/mol. The molecule has 0 radical (unpaired) electrons. The zero-order valence-electron chi connectivity index (χ0n) is 18.3. The number of allylic oxidation sites excluding steroid dienone is 1. The first-order chi connectivity index (χ1) is 16.1. The van der Waals surface area contributed by atoms with E-state index in [2.05, 4.69) is 10.3 Å². The second kappa shape index (κ2) is 8.22. The molecule has 0 fully saturated rings. The second-order valence-corrected chi connectivity index (χ2v) is 7.86. The van der Waals surface area contributed by atoms with Crippen molar-refractivity contribution in [1.29, 1.82) is 0 Å². The van der Waals surface area contributed by atoms with Crippen molar-refractivity contribution in [1.82, 2.24) is 9.55 Å². The smallest absolute Gasteiger partial charge is 0.330 e. The molecule has 2 aliphatic rings. The molecule has 1 atom stereocenters. The molecular formula is C25H23N3O5. The molecule has 168 valence electrons. The van der Waals surface area contributed by atoms with Crippen molar-refractivity contribution in [2.24, 2.45) is 0 Å². The van der Waals surface area contributed by atoms with Gasteiger partial charge in [-0.1, -0.05) is 42.5 Å². The van der Waals surface area contributed by atoms with Crippen LogP contribution >= 0.6 is 0 Å². The van der Waals surface area contributed by atoms with Gasteiger partial charge in [0.2, 0.25) is 0 Å². The lowest BCUT2D eigenvalue weighted by atomic mass is 9.81. The van der Waals surface area contributed by atoms with E-state index in [4.69, 9.17) is 9.47 Å². The number of nitrogens with zero attached hydrogens (tertiary/aromatic N) is 1. The SMILES string of the molecule is CCOc1ccccc1[C@@H]1C2=C(Nc3c1c(=O)[nH]c(=O)n3CCOC)c1ccccc1C2=O. The van der Waals surface area contributed by atoms with Gasteiger partial charge in [0.1, 0.15) is 11.6 Å². The maximum atomic E-state index is 13.6. The highest BCUT2D eigenvalue weighted by Crippen LogP contribution is 2.49. The number of aromatic nitrogens is 2. The molecule has 1 aliphatic carbocycles. The number of H-pyrrole nitrogens is 1. The number of carbonyl (C=O) groups is 1. The summed E-state index contributed by atoms with van der Waals surface area (Å²) in [4.78, 5) is 42.0. The monoisotopic (exact) mass is 445 g/mol. The normalized spacial score (nSPS) is 16.2. The largest absolute Gasteiger partial charge is 0.494 e. The molecule has 8 heteroatoms. The Morgan fingerprint density at radius 1 is 1.00 bits per heavy atom. The van der Waals surface area contributed by atoms with Crippen LogP contribution in [0.5, 0.6) is 5.75 Å². The predicted octanol–water partition coefficient (Wildman–Crippen LogP) is 2.75. The van der Waals surface area contributed by atoms with Crippen LogP contribution in [0.15, 0.2) is 63.7 Å². The molecule has 0 saturated heterocycles. The zero-order chi connectivity index (χ0) is 23.1. The minimum Gasteiger partial charge on any atom is -0.494 e. The number of anilines is 1. The minimum atomic E-state index is -0.711. The topological polar surface area (TPSA) is 102 Å². The van der Waals surface area contributed by atoms with Crippen molar-refractivity contribution < 1.29 is 14.3 Å². The first-order valence-electron chi connectivity index (χ1n) is 10.8. The summed E-state index contributed by atoms with van der Waals surface area (Å²) in [6.45, 7) is 2.82. The number of ether oxygens (including phenoxy) is 2. The fourth-order valence-electron chi connectivity index (χ4n) is 4.68. The van der Waals surface area contributed by atoms with Gasteiger partial charge in [-0.2, -0.15) is 0 Å². The fourth-order valence-corrected chi connectivity index (χ4v) is 4.68. The number of methoxy groups -OCH3 is 1. The van der Waals surface area contributed by atoms with Crippen molar-refractivity contribution in [2.45, 2.75) is 19.4 Å². The third kappa shape index (κ3) is 3.22. The highest BCUT2D eigenvalue weighted by Gasteiger charge is 2.43. The first kappa shape index (κ1) is 21.0. The van der Waals surface area contributed by atoms with Gasteiger partial charge in [-0.05, 0) is 13.0 Å². The van der Waals surface area contributed by atoms with Gasteiger partial charge < -0.3 is 14.8 Å². The van der Waals surface area contributed by atoms with Crippen LogP contribution in [0.1, 0.15) is 39.9 Å². The number of aromatic amines is 1. The summed E-state index contributed by atoms with van der Waals surface area (Å²) in [7, 11) is 1.55. The van der Waals surface area contributed by atoms with E-state index in [0.29, 0.717) is 46.1 Å². The van der Waals surface area contributed by atoms with E-state index in [-0.39, 0.29) is 18.9 Å². The third-order valence-corrected chi connectivity index (χ3v) is 6.06. The van der Waals surface area contributed by atoms with E-state index in [1.165, 1.54) is 4.57 Å².